The largest absolute Gasteiger partial charge is 0.303 e. The van der Waals surface area contributed by atoms with Crippen LogP contribution >= 0.6 is 0 Å². The minimum Gasteiger partial charge on any atom is -0.303 e. The van der Waals surface area contributed by atoms with Crippen molar-refractivity contribution in [1.29, 1.82) is 5.26 Å². The normalized spacial score (nSPS) is 14.8. The molecule has 0 aromatic carbocycles. The van der Waals surface area contributed by atoms with Gasteiger partial charge in [0.1, 0.15) is 0 Å². The molecule has 0 saturated carbocycles. The molecule has 2 atom stereocenters. The highest BCUT2D eigenvalue weighted by atomic mass is 15.1. The van der Waals surface area contributed by atoms with E-state index in [4.69, 9.17) is 5.26 Å². The Morgan fingerprint density at radius 3 is 2.31 bits per heavy atom. The fourth-order valence-corrected chi connectivity index (χ4v) is 1.91. The Hall–Kier alpha value is -0.590. The van der Waals surface area contributed by atoms with E-state index in [-0.39, 0.29) is 6.04 Å². The third-order valence-electron chi connectivity index (χ3n) is 3.14. The van der Waals surface area contributed by atoms with E-state index in [0.29, 0.717) is 5.92 Å². The van der Waals surface area contributed by atoms with Gasteiger partial charge < -0.3 is 10.2 Å². The van der Waals surface area contributed by atoms with Crippen molar-refractivity contribution in [3.8, 4) is 6.07 Å². The van der Waals surface area contributed by atoms with E-state index in [0.717, 1.165) is 39.0 Å². The summed E-state index contributed by atoms with van der Waals surface area (Å²) in [5.74, 6) is 0.451. The van der Waals surface area contributed by atoms with Gasteiger partial charge in [-0.3, -0.25) is 0 Å². The Bertz CT molecular complexity index is 194. The lowest BCUT2D eigenvalue weighted by Crippen LogP contribution is -2.39. The number of nitrogens with one attached hydrogen (secondary N) is 1. The first-order valence-electron chi connectivity index (χ1n) is 6.54. The minimum absolute atomic E-state index is 0.00973. The summed E-state index contributed by atoms with van der Waals surface area (Å²) in [4.78, 5) is 2.37. The van der Waals surface area contributed by atoms with Crippen molar-refractivity contribution in [1.82, 2.24) is 10.2 Å². The molecule has 0 fully saturated rings. The Morgan fingerprint density at radius 1 is 1.25 bits per heavy atom. The molecule has 3 heteroatoms. The summed E-state index contributed by atoms with van der Waals surface area (Å²) in [7, 11) is 0. The predicted molar refractivity (Wildman–Crippen MR) is 69.3 cm³/mol. The zero-order valence-electron chi connectivity index (χ0n) is 11.3. The molecule has 0 spiro atoms. The second-order valence-corrected chi connectivity index (χ2v) is 4.35. The zero-order chi connectivity index (χ0) is 12.4. The summed E-state index contributed by atoms with van der Waals surface area (Å²) >= 11 is 0. The molecule has 0 radical (unpaired) electrons. The SMILES string of the molecule is CCCC(C)C(C#N)NCCN(CC)CC. The van der Waals surface area contributed by atoms with Crippen LogP contribution in [-0.2, 0) is 0 Å². The van der Waals surface area contributed by atoms with Gasteiger partial charge in [-0.15, -0.1) is 0 Å². The van der Waals surface area contributed by atoms with Gasteiger partial charge in [0.05, 0.1) is 12.1 Å². The smallest absolute Gasteiger partial charge is 0.0979 e. The van der Waals surface area contributed by atoms with Crippen LogP contribution < -0.4 is 5.32 Å². The van der Waals surface area contributed by atoms with Crippen LogP contribution in [0.2, 0.25) is 0 Å². The van der Waals surface area contributed by atoms with E-state index >= 15 is 0 Å². The van der Waals surface area contributed by atoms with Crippen molar-refractivity contribution in [2.75, 3.05) is 26.2 Å². The van der Waals surface area contributed by atoms with E-state index in [2.05, 4.69) is 44.0 Å². The number of nitrogens with zero attached hydrogens (tertiary/aromatic N) is 2. The van der Waals surface area contributed by atoms with Crippen LogP contribution in [0.1, 0.15) is 40.5 Å². The van der Waals surface area contributed by atoms with Crippen LogP contribution in [0.15, 0.2) is 0 Å². The second-order valence-electron chi connectivity index (χ2n) is 4.35. The first-order chi connectivity index (χ1) is 7.69. The maximum atomic E-state index is 9.08. The average molecular weight is 225 g/mol. The molecule has 0 saturated heterocycles. The molecule has 94 valence electrons. The van der Waals surface area contributed by atoms with E-state index in [1.165, 1.54) is 0 Å². The lowest BCUT2D eigenvalue weighted by Gasteiger charge is -2.22. The summed E-state index contributed by atoms with van der Waals surface area (Å²) in [6.45, 7) is 12.8. The van der Waals surface area contributed by atoms with Crippen molar-refractivity contribution in [2.45, 2.75) is 46.6 Å². The Balaban J connectivity index is 3.83. The highest BCUT2D eigenvalue weighted by molar-refractivity contribution is 4.93. The molecule has 1 N–H and O–H groups in total. The van der Waals surface area contributed by atoms with Gasteiger partial charge >= 0.3 is 0 Å². The fourth-order valence-electron chi connectivity index (χ4n) is 1.91. The Kier molecular flexibility index (Phi) is 9.27. The molecule has 0 aliphatic rings. The van der Waals surface area contributed by atoms with E-state index in [9.17, 15) is 0 Å². The molecule has 3 nitrogen and oxygen atoms in total. The number of hydrogen-bond acceptors (Lipinski definition) is 3. The van der Waals surface area contributed by atoms with Gasteiger partial charge in [-0.05, 0) is 25.4 Å². The lowest BCUT2D eigenvalue weighted by atomic mass is 9.98. The standard InChI is InChI=1S/C13H27N3/c1-5-8-12(4)13(11-14)15-9-10-16(6-2)7-3/h12-13,15H,5-10H2,1-4H3. The molecular weight excluding hydrogens is 198 g/mol. The highest BCUT2D eigenvalue weighted by Gasteiger charge is 2.14. The topological polar surface area (TPSA) is 39.1 Å². The van der Waals surface area contributed by atoms with Gasteiger partial charge in [0.15, 0.2) is 0 Å². The molecule has 0 aliphatic carbocycles. The molecule has 0 aliphatic heterocycles. The van der Waals surface area contributed by atoms with Crippen LogP contribution in [0.5, 0.6) is 0 Å². The molecule has 0 bridgehead atoms. The quantitative estimate of drug-likeness (QED) is 0.654. The van der Waals surface area contributed by atoms with E-state index in [1.807, 2.05) is 0 Å². The predicted octanol–water partition coefficient (Wildman–Crippen LogP) is 2.25. The van der Waals surface area contributed by atoms with Crippen molar-refractivity contribution in [2.24, 2.45) is 5.92 Å². The number of hydrogen-bond donors (Lipinski definition) is 1. The van der Waals surface area contributed by atoms with Crippen LogP contribution in [0.3, 0.4) is 0 Å². The van der Waals surface area contributed by atoms with Gasteiger partial charge in [0.2, 0.25) is 0 Å². The number of nitriles is 1. The maximum Gasteiger partial charge on any atom is 0.0979 e. The Morgan fingerprint density at radius 2 is 1.88 bits per heavy atom. The fraction of sp³-hybridized carbons (Fsp3) is 0.923. The van der Waals surface area contributed by atoms with Crippen molar-refractivity contribution in [3.63, 3.8) is 0 Å². The van der Waals surface area contributed by atoms with Crippen LogP contribution in [-0.4, -0.2) is 37.1 Å². The molecule has 0 aromatic rings. The van der Waals surface area contributed by atoms with Crippen LogP contribution in [0.4, 0.5) is 0 Å². The Labute approximate surface area is 101 Å². The van der Waals surface area contributed by atoms with Crippen LogP contribution in [0, 0.1) is 17.2 Å². The number of likely N-dealkylation sites (N-methyl/N-ethyl adjacent to an activating group) is 1. The van der Waals surface area contributed by atoms with E-state index in [1.54, 1.807) is 0 Å². The number of rotatable bonds is 9. The first-order valence-corrected chi connectivity index (χ1v) is 6.54. The summed E-state index contributed by atoms with van der Waals surface area (Å²) in [6, 6.07) is 2.38. The van der Waals surface area contributed by atoms with Crippen molar-refractivity contribution < 1.29 is 0 Å². The molecule has 0 heterocycles. The summed E-state index contributed by atoms with van der Waals surface area (Å²) < 4.78 is 0. The minimum atomic E-state index is 0.00973. The molecule has 2 unspecified atom stereocenters. The molecule has 0 amide bonds. The van der Waals surface area contributed by atoms with Crippen LogP contribution in [0.25, 0.3) is 0 Å². The summed E-state index contributed by atoms with van der Waals surface area (Å²) in [5, 5.41) is 12.4. The summed E-state index contributed by atoms with van der Waals surface area (Å²) in [5.41, 5.74) is 0. The summed E-state index contributed by atoms with van der Waals surface area (Å²) in [6.07, 6.45) is 2.27. The zero-order valence-corrected chi connectivity index (χ0v) is 11.3. The second kappa shape index (κ2) is 9.62. The third kappa shape index (κ3) is 6.09. The average Bonchev–Trinajstić information content (AvgIpc) is 2.30. The molecule has 0 aromatic heterocycles. The van der Waals surface area contributed by atoms with E-state index < -0.39 is 0 Å². The van der Waals surface area contributed by atoms with Gasteiger partial charge in [0, 0.05) is 13.1 Å². The van der Waals surface area contributed by atoms with Gasteiger partial charge in [-0.25, -0.2) is 0 Å². The molecule has 16 heavy (non-hydrogen) atoms. The lowest BCUT2D eigenvalue weighted by molar-refractivity contribution is 0.291. The van der Waals surface area contributed by atoms with Gasteiger partial charge in [-0.2, -0.15) is 5.26 Å². The highest BCUT2D eigenvalue weighted by Crippen LogP contribution is 2.09. The van der Waals surface area contributed by atoms with Gasteiger partial charge in [0.25, 0.3) is 0 Å². The van der Waals surface area contributed by atoms with Crippen molar-refractivity contribution in [3.05, 3.63) is 0 Å². The molecule has 0 rings (SSSR count). The first kappa shape index (κ1) is 15.4. The third-order valence-corrected chi connectivity index (χ3v) is 3.14. The van der Waals surface area contributed by atoms with Crippen molar-refractivity contribution >= 4 is 0 Å². The molecular formula is C13H27N3. The monoisotopic (exact) mass is 225 g/mol. The van der Waals surface area contributed by atoms with Gasteiger partial charge in [-0.1, -0.05) is 34.1 Å². The maximum absolute atomic E-state index is 9.08.